The predicted molar refractivity (Wildman–Crippen MR) is 67.6 cm³/mol. The van der Waals surface area contributed by atoms with Crippen LogP contribution < -0.4 is 16.2 Å². The second-order valence-corrected chi connectivity index (χ2v) is 3.87. The van der Waals surface area contributed by atoms with Crippen molar-refractivity contribution in [3.8, 4) is 0 Å². The molecule has 3 N–H and O–H groups in total. The van der Waals surface area contributed by atoms with Crippen molar-refractivity contribution in [1.82, 2.24) is 9.97 Å². The van der Waals surface area contributed by atoms with Gasteiger partial charge in [0.1, 0.15) is 5.02 Å². The van der Waals surface area contributed by atoms with Gasteiger partial charge in [0.25, 0.3) is 5.56 Å². The predicted octanol–water partition coefficient (Wildman–Crippen LogP) is 0.225. The van der Waals surface area contributed by atoms with E-state index in [2.05, 4.69) is 9.97 Å². The molecule has 0 saturated carbocycles. The first-order valence-electron chi connectivity index (χ1n) is 5.37. The van der Waals surface area contributed by atoms with Crippen molar-refractivity contribution < 1.29 is 4.74 Å². The van der Waals surface area contributed by atoms with Crippen LogP contribution in [0.2, 0.25) is 5.02 Å². The monoisotopic (exact) mass is 260 g/mol. The highest BCUT2D eigenvalue weighted by atomic mass is 35.5. The third-order valence-electron chi connectivity index (χ3n) is 2.28. The summed E-state index contributed by atoms with van der Waals surface area (Å²) in [5, 5.41) is 0.0978. The van der Waals surface area contributed by atoms with E-state index >= 15 is 0 Å². The molecule has 0 unspecified atom stereocenters. The van der Waals surface area contributed by atoms with Gasteiger partial charge in [-0.15, -0.1) is 0 Å². The minimum absolute atomic E-state index is 0.0978. The fourth-order valence-corrected chi connectivity index (χ4v) is 1.62. The lowest BCUT2D eigenvalue weighted by atomic mass is 10.3. The lowest BCUT2D eigenvalue weighted by Crippen LogP contribution is -2.32. The molecule has 17 heavy (non-hydrogen) atoms. The van der Waals surface area contributed by atoms with Gasteiger partial charge in [0.05, 0.1) is 12.9 Å². The van der Waals surface area contributed by atoms with E-state index in [1.54, 1.807) is 7.11 Å². The normalized spacial score (nSPS) is 10.5. The van der Waals surface area contributed by atoms with Crippen molar-refractivity contribution in [3.63, 3.8) is 0 Å². The molecule has 0 aliphatic carbocycles. The zero-order valence-electron chi connectivity index (χ0n) is 9.78. The number of hydrogen-bond donors (Lipinski definition) is 2. The number of nitrogens with zero attached hydrogens (tertiary/aromatic N) is 2. The first kappa shape index (κ1) is 14.0. The lowest BCUT2D eigenvalue weighted by molar-refractivity contribution is 0.205. The molecule has 0 aromatic carbocycles. The maximum Gasteiger partial charge on any atom is 0.271 e. The molecule has 96 valence electrons. The van der Waals surface area contributed by atoms with Gasteiger partial charge in [0.2, 0.25) is 0 Å². The molecule has 0 saturated heterocycles. The summed E-state index contributed by atoms with van der Waals surface area (Å²) >= 11 is 5.93. The first-order chi connectivity index (χ1) is 8.20. The summed E-state index contributed by atoms with van der Waals surface area (Å²) in [6, 6.07) is 0. The van der Waals surface area contributed by atoms with Crippen LogP contribution in [0.25, 0.3) is 0 Å². The van der Waals surface area contributed by atoms with Crippen LogP contribution in [0.1, 0.15) is 6.42 Å². The van der Waals surface area contributed by atoms with E-state index in [9.17, 15) is 4.79 Å². The third kappa shape index (κ3) is 3.99. The van der Waals surface area contributed by atoms with Gasteiger partial charge in [-0.2, -0.15) is 0 Å². The fourth-order valence-electron chi connectivity index (χ4n) is 1.40. The minimum Gasteiger partial charge on any atom is -0.383 e. The highest BCUT2D eigenvalue weighted by Gasteiger charge is 2.13. The van der Waals surface area contributed by atoms with Crippen LogP contribution in [0.5, 0.6) is 0 Å². The number of halogens is 1. The van der Waals surface area contributed by atoms with E-state index in [0.29, 0.717) is 32.1 Å². The fraction of sp³-hybridized carbons (Fsp3) is 0.600. The number of nitrogens with one attached hydrogen (secondary N) is 1. The molecule has 0 bridgehead atoms. The Bertz CT molecular complexity index is 388. The largest absolute Gasteiger partial charge is 0.383 e. The molecular formula is C10H17ClN4O2. The van der Waals surface area contributed by atoms with Gasteiger partial charge in [-0.05, 0) is 13.0 Å². The standard InChI is InChI=1S/C10H17ClN4O2/c1-17-6-5-15(4-2-3-12)9-8(11)10(16)14-7-13-9/h7H,2-6,12H2,1H3,(H,13,14,16). The van der Waals surface area contributed by atoms with Gasteiger partial charge >= 0.3 is 0 Å². The highest BCUT2D eigenvalue weighted by molar-refractivity contribution is 6.32. The first-order valence-corrected chi connectivity index (χ1v) is 5.75. The molecule has 0 aliphatic rings. The number of methoxy groups -OCH3 is 1. The number of anilines is 1. The van der Waals surface area contributed by atoms with Gasteiger partial charge in [-0.25, -0.2) is 4.98 Å². The average molecular weight is 261 g/mol. The minimum atomic E-state index is -0.341. The topological polar surface area (TPSA) is 84.2 Å². The molecule has 1 rings (SSSR count). The Balaban J connectivity index is 2.86. The number of aromatic nitrogens is 2. The molecule has 0 radical (unpaired) electrons. The molecule has 0 fully saturated rings. The Morgan fingerprint density at radius 1 is 1.59 bits per heavy atom. The zero-order valence-corrected chi connectivity index (χ0v) is 10.5. The number of rotatable bonds is 7. The van der Waals surface area contributed by atoms with Gasteiger partial charge < -0.3 is 20.4 Å². The van der Waals surface area contributed by atoms with Crippen molar-refractivity contribution in [2.75, 3.05) is 38.3 Å². The van der Waals surface area contributed by atoms with E-state index in [1.807, 2.05) is 4.90 Å². The molecule has 6 nitrogen and oxygen atoms in total. The van der Waals surface area contributed by atoms with E-state index in [1.165, 1.54) is 6.33 Å². The third-order valence-corrected chi connectivity index (χ3v) is 2.62. The Labute approximate surface area is 105 Å². The van der Waals surface area contributed by atoms with E-state index in [4.69, 9.17) is 22.1 Å². The van der Waals surface area contributed by atoms with Crippen molar-refractivity contribution in [2.24, 2.45) is 5.73 Å². The van der Waals surface area contributed by atoms with Crippen LogP contribution in [0.15, 0.2) is 11.1 Å². The molecule has 0 spiro atoms. The summed E-state index contributed by atoms with van der Waals surface area (Å²) < 4.78 is 5.01. The molecule has 1 aromatic heterocycles. The maximum absolute atomic E-state index is 11.4. The summed E-state index contributed by atoms with van der Waals surface area (Å²) in [7, 11) is 1.62. The molecular weight excluding hydrogens is 244 g/mol. The summed E-state index contributed by atoms with van der Waals surface area (Å²) in [6.07, 6.45) is 2.14. The Kier molecular flexibility index (Phi) is 5.96. The van der Waals surface area contributed by atoms with Crippen molar-refractivity contribution in [2.45, 2.75) is 6.42 Å². The van der Waals surface area contributed by atoms with Crippen LogP contribution in [0.3, 0.4) is 0 Å². The van der Waals surface area contributed by atoms with E-state index in [0.717, 1.165) is 6.42 Å². The molecule has 0 aliphatic heterocycles. The van der Waals surface area contributed by atoms with E-state index < -0.39 is 0 Å². The second-order valence-electron chi connectivity index (χ2n) is 3.49. The number of H-pyrrole nitrogens is 1. The smallest absolute Gasteiger partial charge is 0.271 e. The summed E-state index contributed by atoms with van der Waals surface area (Å²) in [4.78, 5) is 19.8. The summed E-state index contributed by atoms with van der Waals surface area (Å²) in [6.45, 7) is 2.42. The van der Waals surface area contributed by atoms with Crippen LogP contribution in [0.4, 0.5) is 5.82 Å². The summed E-state index contributed by atoms with van der Waals surface area (Å²) in [5.74, 6) is 0.473. The number of nitrogens with two attached hydrogens (primary N) is 1. The average Bonchev–Trinajstić information content (AvgIpc) is 2.34. The highest BCUT2D eigenvalue weighted by Crippen LogP contribution is 2.18. The van der Waals surface area contributed by atoms with E-state index in [-0.39, 0.29) is 10.6 Å². The van der Waals surface area contributed by atoms with Crippen molar-refractivity contribution in [1.29, 1.82) is 0 Å². The summed E-state index contributed by atoms with van der Waals surface area (Å²) in [5.41, 5.74) is 5.13. The quantitative estimate of drug-likeness (QED) is 0.733. The van der Waals surface area contributed by atoms with Crippen LogP contribution in [-0.2, 0) is 4.74 Å². The SMILES string of the molecule is COCCN(CCCN)c1nc[nH]c(=O)c1Cl. The lowest BCUT2D eigenvalue weighted by Gasteiger charge is -2.23. The molecule has 7 heteroatoms. The van der Waals surface area contributed by atoms with Gasteiger partial charge in [0.15, 0.2) is 5.82 Å². The van der Waals surface area contributed by atoms with Crippen LogP contribution in [-0.4, -0.2) is 43.3 Å². The Hall–Kier alpha value is -1.11. The molecule has 0 atom stereocenters. The maximum atomic E-state index is 11.4. The zero-order chi connectivity index (χ0) is 12.7. The number of hydrogen-bond acceptors (Lipinski definition) is 5. The molecule has 0 amide bonds. The molecule has 1 heterocycles. The van der Waals surface area contributed by atoms with Crippen LogP contribution in [0, 0.1) is 0 Å². The van der Waals surface area contributed by atoms with Gasteiger partial charge in [-0.1, -0.05) is 11.6 Å². The van der Waals surface area contributed by atoms with Crippen molar-refractivity contribution >= 4 is 17.4 Å². The second kappa shape index (κ2) is 7.26. The number of aromatic amines is 1. The molecule has 1 aromatic rings. The Morgan fingerprint density at radius 2 is 2.35 bits per heavy atom. The number of ether oxygens (including phenoxy) is 1. The van der Waals surface area contributed by atoms with Gasteiger partial charge in [-0.3, -0.25) is 4.79 Å². The Morgan fingerprint density at radius 3 is 3.00 bits per heavy atom. The van der Waals surface area contributed by atoms with Crippen molar-refractivity contribution in [3.05, 3.63) is 21.7 Å². The van der Waals surface area contributed by atoms with Gasteiger partial charge in [0, 0.05) is 20.2 Å². The van der Waals surface area contributed by atoms with Crippen LogP contribution >= 0.6 is 11.6 Å².